The first-order chi connectivity index (χ1) is 14.4. The Morgan fingerprint density at radius 3 is 2.37 bits per heavy atom. The van der Waals surface area contributed by atoms with Crippen molar-refractivity contribution in [2.24, 2.45) is 5.73 Å². The van der Waals surface area contributed by atoms with E-state index in [1.54, 1.807) is 18.2 Å². The quantitative estimate of drug-likeness (QED) is 0.564. The Morgan fingerprint density at radius 2 is 1.73 bits per heavy atom. The minimum atomic E-state index is -1.04. The van der Waals surface area contributed by atoms with Gasteiger partial charge < -0.3 is 25.4 Å². The third-order valence-corrected chi connectivity index (χ3v) is 4.61. The summed E-state index contributed by atoms with van der Waals surface area (Å²) in [6.07, 6.45) is -1.55. The normalized spacial score (nSPS) is 15.7. The lowest BCUT2D eigenvalue weighted by Gasteiger charge is -2.15. The molecule has 0 saturated carbocycles. The average molecular weight is 414 g/mol. The Balaban J connectivity index is 1.68. The van der Waals surface area contributed by atoms with E-state index in [1.807, 2.05) is 12.1 Å². The van der Waals surface area contributed by atoms with Crippen LogP contribution in [0.3, 0.4) is 0 Å². The van der Waals surface area contributed by atoms with Crippen LogP contribution < -0.4 is 15.4 Å². The highest BCUT2D eigenvalue weighted by Gasteiger charge is 2.33. The van der Waals surface area contributed by atoms with Gasteiger partial charge in [-0.25, -0.2) is 4.79 Å². The highest BCUT2D eigenvalue weighted by molar-refractivity contribution is 5.89. The predicted molar refractivity (Wildman–Crippen MR) is 107 cm³/mol. The van der Waals surface area contributed by atoms with Gasteiger partial charge in [-0.1, -0.05) is 24.3 Å². The van der Waals surface area contributed by atoms with Crippen LogP contribution in [0.2, 0.25) is 0 Å². The number of ether oxygens (including phenoxy) is 2. The molecule has 1 heterocycles. The van der Waals surface area contributed by atoms with Crippen LogP contribution >= 0.6 is 0 Å². The van der Waals surface area contributed by atoms with Gasteiger partial charge in [0.15, 0.2) is 6.10 Å². The fraction of sp³-hybridized carbons (Fsp3) is 0.286. The molecule has 1 aliphatic heterocycles. The molecule has 1 fully saturated rings. The molecule has 0 spiro atoms. The molecule has 30 heavy (non-hydrogen) atoms. The Morgan fingerprint density at radius 1 is 1.07 bits per heavy atom. The number of nitrogens with two attached hydrogens (primary N) is 1. The van der Waals surface area contributed by atoms with Crippen molar-refractivity contribution in [2.75, 3.05) is 18.1 Å². The number of carboxylic acids is 2. The monoisotopic (exact) mass is 414 g/mol. The van der Waals surface area contributed by atoms with Gasteiger partial charge in [-0.15, -0.1) is 0 Å². The maximum Gasteiger partial charge on any atom is 0.414 e. The zero-order valence-electron chi connectivity index (χ0n) is 16.1. The Bertz CT molecular complexity index is 943. The van der Waals surface area contributed by atoms with E-state index in [0.717, 1.165) is 5.56 Å². The summed E-state index contributed by atoms with van der Waals surface area (Å²) in [6, 6.07) is 11.8. The highest BCUT2D eigenvalue weighted by Crippen LogP contribution is 2.25. The number of hydrogen-bond donors (Lipinski definition) is 3. The van der Waals surface area contributed by atoms with Gasteiger partial charge in [-0.3, -0.25) is 14.5 Å². The van der Waals surface area contributed by atoms with Crippen LogP contribution in [0.15, 0.2) is 42.5 Å². The third kappa shape index (κ3) is 5.26. The zero-order chi connectivity index (χ0) is 21.7. The van der Waals surface area contributed by atoms with E-state index in [-0.39, 0.29) is 31.7 Å². The van der Waals surface area contributed by atoms with Crippen LogP contribution in [0.1, 0.15) is 16.7 Å². The lowest BCUT2D eigenvalue weighted by Crippen LogP contribution is -2.26. The van der Waals surface area contributed by atoms with E-state index in [9.17, 15) is 14.4 Å². The van der Waals surface area contributed by atoms with Crippen molar-refractivity contribution < 1.29 is 34.1 Å². The number of anilines is 1. The molecule has 1 saturated heterocycles. The number of carbonyl (C=O) groups excluding carboxylic acids is 1. The summed E-state index contributed by atoms with van der Waals surface area (Å²) in [6.45, 7) is 0.678. The lowest BCUT2D eigenvalue weighted by atomic mass is 10.1. The molecule has 4 N–H and O–H groups in total. The van der Waals surface area contributed by atoms with E-state index in [4.69, 9.17) is 25.4 Å². The first kappa shape index (κ1) is 21.1. The molecule has 9 heteroatoms. The van der Waals surface area contributed by atoms with Crippen molar-refractivity contribution in [2.45, 2.75) is 25.5 Å². The molecule has 1 aliphatic rings. The van der Waals surface area contributed by atoms with Gasteiger partial charge in [-0.05, 0) is 29.3 Å². The van der Waals surface area contributed by atoms with Crippen molar-refractivity contribution in [1.29, 1.82) is 0 Å². The lowest BCUT2D eigenvalue weighted by molar-refractivity contribution is -0.137. The second-order valence-corrected chi connectivity index (χ2v) is 6.88. The zero-order valence-corrected chi connectivity index (χ0v) is 16.1. The molecule has 0 bridgehead atoms. The van der Waals surface area contributed by atoms with Gasteiger partial charge in [0.2, 0.25) is 0 Å². The molecule has 1 unspecified atom stereocenters. The molecule has 2 aromatic carbocycles. The van der Waals surface area contributed by atoms with Gasteiger partial charge in [0.05, 0.1) is 19.4 Å². The van der Waals surface area contributed by atoms with E-state index in [0.29, 0.717) is 23.4 Å². The van der Waals surface area contributed by atoms with E-state index in [1.165, 1.54) is 17.0 Å². The van der Waals surface area contributed by atoms with Crippen molar-refractivity contribution in [3.8, 4) is 5.75 Å². The maximum absolute atomic E-state index is 12.2. The summed E-state index contributed by atoms with van der Waals surface area (Å²) in [7, 11) is 0. The molecule has 9 nitrogen and oxygen atoms in total. The Hall–Kier alpha value is -3.59. The summed E-state index contributed by atoms with van der Waals surface area (Å²) in [5.74, 6) is -1.78. The first-order valence-electron chi connectivity index (χ1n) is 9.31. The van der Waals surface area contributed by atoms with Crippen molar-refractivity contribution in [3.05, 3.63) is 59.2 Å². The van der Waals surface area contributed by atoms with Crippen LogP contribution in [-0.4, -0.2) is 47.5 Å². The molecule has 1 atom stereocenters. The van der Waals surface area contributed by atoms with Crippen LogP contribution in [0.4, 0.5) is 10.5 Å². The Labute approximate surface area is 172 Å². The maximum atomic E-state index is 12.2. The number of aliphatic carboxylic acids is 2. The van der Waals surface area contributed by atoms with E-state index >= 15 is 0 Å². The van der Waals surface area contributed by atoms with Crippen LogP contribution in [-0.2, 0) is 33.7 Å². The van der Waals surface area contributed by atoms with Gasteiger partial charge in [0, 0.05) is 17.8 Å². The minimum absolute atomic E-state index is 0.00622. The molecular weight excluding hydrogens is 392 g/mol. The highest BCUT2D eigenvalue weighted by atomic mass is 16.6. The molecule has 2 aromatic rings. The van der Waals surface area contributed by atoms with Crippen molar-refractivity contribution >= 4 is 23.7 Å². The fourth-order valence-corrected chi connectivity index (χ4v) is 3.14. The summed E-state index contributed by atoms with van der Waals surface area (Å²) < 4.78 is 11.1. The van der Waals surface area contributed by atoms with Crippen LogP contribution in [0.5, 0.6) is 5.75 Å². The number of carboxylic acid groups (broad SMARTS) is 2. The van der Waals surface area contributed by atoms with Crippen LogP contribution in [0, 0.1) is 0 Å². The largest absolute Gasteiger partial charge is 0.489 e. The number of carbonyl (C=O) groups is 3. The number of hydrogen-bond acceptors (Lipinski definition) is 6. The molecule has 0 aliphatic carbocycles. The smallest absolute Gasteiger partial charge is 0.414 e. The number of amides is 1. The van der Waals surface area contributed by atoms with Gasteiger partial charge >= 0.3 is 18.0 Å². The molecule has 158 valence electrons. The standard InChI is InChI=1S/C21H22N2O7/c22-10-13-2-5-16(6-3-13)23-11-17(30-21(23)28)12-29-18-7-14(8-19(24)25)1-4-15(18)9-20(26)27/h1-7,17H,8-12,22H2,(H,24,25)(H,26,27). The van der Waals surface area contributed by atoms with Crippen LogP contribution in [0.25, 0.3) is 0 Å². The molecule has 1 amide bonds. The summed E-state index contributed by atoms with van der Waals surface area (Å²) in [5, 5.41) is 18.1. The SMILES string of the molecule is NCc1ccc(N2CC(COc3cc(CC(=O)O)ccc3CC(=O)O)OC2=O)cc1. The first-order valence-corrected chi connectivity index (χ1v) is 9.31. The molecule has 3 rings (SSSR count). The van der Waals surface area contributed by atoms with Gasteiger partial charge in [0.25, 0.3) is 0 Å². The van der Waals surface area contributed by atoms with Crippen molar-refractivity contribution in [3.63, 3.8) is 0 Å². The van der Waals surface area contributed by atoms with E-state index in [2.05, 4.69) is 0 Å². The molecular formula is C21H22N2O7. The Kier molecular flexibility index (Phi) is 6.53. The number of nitrogens with zero attached hydrogens (tertiary/aromatic N) is 1. The fourth-order valence-electron chi connectivity index (χ4n) is 3.14. The average Bonchev–Trinajstić information content (AvgIpc) is 3.08. The minimum Gasteiger partial charge on any atom is -0.489 e. The third-order valence-electron chi connectivity index (χ3n) is 4.61. The number of cyclic esters (lactones) is 1. The van der Waals surface area contributed by atoms with E-state index < -0.39 is 24.1 Å². The second-order valence-electron chi connectivity index (χ2n) is 6.88. The number of benzene rings is 2. The second kappa shape index (κ2) is 9.27. The van der Waals surface area contributed by atoms with Gasteiger partial charge in [-0.2, -0.15) is 0 Å². The van der Waals surface area contributed by atoms with Gasteiger partial charge in [0.1, 0.15) is 12.4 Å². The summed E-state index contributed by atoms with van der Waals surface area (Å²) >= 11 is 0. The predicted octanol–water partition coefficient (Wildman–Crippen LogP) is 1.80. The molecule has 0 aromatic heterocycles. The van der Waals surface area contributed by atoms with Crippen molar-refractivity contribution in [1.82, 2.24) is 0 Å². The summed E-state index contributed by atoms with van der Waals surface area (Å²) in [4.78, 5) is 35.7. The number of rotatable bonds is 9. The summed E-state index contributed by atoms with van der Waals surface area (Å²) in [5.41, 5.74) is 8.10. The molecule has 0 radical (unpaired) electrons. The topological polar surface area (TPSA) is 139 Å².